The topological polar surface area (TPSA) is 55.4 Å². The van der Waals surface area contributed by atoms with Gasteiger partial charge in [-0.25, -0.2) is 0 Å². The van der Waals surface area contributed by atoms with Crippen molar-refractivity contribution >= 4 is 33.2 Å². The fourth-order valence-corrected chi connectivity index (χ4v) is 4.63. The van der Waals surface area contributed by atoms with E-state index in [0.29, 0.717) is 22.5 Å². The van der Waals surface area contributed by atoms with Gasteiger partial charge in [-0.1, -0.05) is 81.7 Å². The van der Waals surface area contributed by atoms with Gasteiger partial charge in [0.25, 0.3) is 0 Å². The molecule has 1 heterocycles. The molecule has 5 heteroatoms. The summed E-state index contributed by atoms with van der Waals surface area (Å²) in [5.74, 6) is 0.496. The Hall–Kier alpha value is -2.66. The van der Waals surface area contributed by atoms with Gasteiger partial charge in [-0.3, -0.25) is 9.59 Å². The number of ketones is 2. The van der Waals surface area contributed by atoms with Gasteiger partial charge in [0.15, 0.2) is 11.9 Å². The summed E-state index contributed by atoms with van der Waals surface area (Å²) in [6.45, 7) is 12.2. The maximum atomic E-state index is 13.9. The number of allylic oxidation sites excluding steroid dienone is 2. The first-order chi connectivity index (χ1) is 15.3. The Morgan fingerprint density at radius 1 is 0.909 bits per heavy atom. The van der Waals surface area contributed by atoms with Crippen LogP contribution in [-0.2, 0) is 4.79 Å². The van der Waals surface area contributed by atoms with Crippen molar-refractivity contribution in [3.8, 4) is 5.75 Å². The Kier molecular flexibility index (Phi) is 5.68. The largest absolute Gasteiger partial charge is 0.477 e. The number of hydrogen-bond donors (Lipinski definition) is 1. The minimum atomic E-state index is -1.00. The minimum Gasteiger partial charge on any atom is -0.477 e. The molecule has 0 fully saturated rings. The third kappa shape index (κ3) is 4.31. The van der Waals surface area contributed by atoms with Crippen LogP contribution < -0.4 is 10.1 Å². The van der Waals surface area contributed by atoms with Crippen molar-refractivity contribution in [3.63, 3.8) is 0 Å². The number of rotatable bonds is 2. The lowest BCUT2D eigenvalue weighted by molar-refractivity contribution is -0.114. The molecule has 1 N–H and O–H groups in total. The highest BCUT2D eigenvalue weighted by atomic mass is 79.9. The van der Waals surface area contributed by atoms with E-state index < -0.39 is 22.5 Å². The summed E-state index contributed by atoms with van der Waals surface area (Å²) in [6, 6.07) is 14.9. The molecule has 172 valence electrons. The predicted molar refractivity (Wildman–Crippen MR) is 136 cm³/mol. The van der Waals surface area contributed by atoms with E-state index in [-0.39, 0.29) is 11.6 Å². The number of Topliss-reactive ketones (excluding diaryl/α,β-unsaturated/α-hetero) is 2. The number of hydrogen-bond acceptors (Lipinski definition) is 4. The van der Waals surface area contributed by atoms with Crippen molar-refractivity contribution < 1.29 is 14.3 Å². The van der Waals surface area contributed by atoms with E-state index in [0.717, 1.165) is 10.2 Å². The van der Waals surface area contributed by atoms with Crippen LogP contribution in [0.1, 0.15) is 51.9 Å². The number of fused-ring (bicyclic) bond motifs is 1. The molecule has 1 aliphatic carbocycles. The van der Waals surface area contributed by atoms with Crippen LogP contribution >= 0.6 is 15.9 Å². The number of carbonyl (C=O) groups is 2. The lowest BCUT2D eigenvalue weighted by Gasteiger charge is -2.46. The molecule has 2 aromatic carbocycles. The number of anilines is 1. The second kappa shape index (κ2) is 7.98. The second-order valence-electron chi connectivity index (χ2n) is 10.9. The van der Waals surface area contributed by atoms with E-state index >= 15 is 0 Å². The second-order valence-corrected chi connectivity index (χ2v) is 11.8. The Morgan fingerprint density at radius 2 is 1.45 bits per heavy atom. The zero-order chi connectivity index (χ0) is 24.2. The number of nitrogens with one attached hydrogen (secondary N) is 1. The van der Waals surface area contributed by atoms with Crippen LogP contribution in [0.2, 0.25) is 0 Å². The van der Waals surface area contributed by atoms with E-state index in [1.54, 1.807) is 12.1 Å². The monoisotopic (exact) mass is 507 g/mol. The molecule has 0 saturated carbocycles. The number of benzene rings is 2. The summed E-state index contributed by atoms with van der Waals surface area (Å²) >= 11 is 3.44. The summed E-state index contributed by atoms with van der Waals surface area (Å²) < 4.78 is 7.30. The summed E-state index contributed by atoms with van der Waals surface area (Å²) in [4.78, 5) is 27.4. The van der Waals surface area contributed by atoms with Crippen LogP contribution in [-0.4, -0.2) is 23.2 Å². The van der Waals surface area contributed by atoms with Crippen LogP contribution in [0.25, 0.3) is 0 Å². The van der Waals surface area contributed by atoms with Crippen LogP contribution in [0, 0.1) is 10.8 Å². The Morgan fingerprint density at radius 3 is 2.00 bits per heavy atom. The fourth-order valence-electron chi connectivity index (χ4n) is 4.37. The van der Waals surface area contributed by atoms with Crippen LogP contribution in [0.5, 0.6) is 5.75 Å². The molecule has 4 nitrogen and oxygen atoms in total. The summed E-state index contributed by atoms with van der Waals surface area (Å²) in [5, 5.41) is 3.59. The standard InChI is InChI=1S/C28H30BrNO3/c1-26(2,3)19-15-28(16-20(24(19)32)27(4,5)6)25(23(31)17-11-13-18(29)14-12-17)33-22-10-8-7-9-21(22)30-28/h7-16,25,30H,1-6H3/t25-/m1/s1. The molecule has 0 radical (unpaired) electrons. The van der Waals surface area contributed by atoms with Crippen molar-refractivity contribution in [2.75, 3.05) is 5.32 Å². The molecule has 0 bridgehead atoms. The maximum absolute atomic E-state index is 13.9. The lowest BCUT2D eigenvalue weighted by atomic mass is 9.67. The molecule has 33 heavy (non-hydrogen) atoms. The van der Waals surface area contributed by atoms with E-state index in [1.165, 1.54) is 0 Å². The molecule has 0 aromatic heterocycles. The third-order valence-electron chi connectivity index (χ3n) is 6.16. The van der Waals surface area contributed by atoms with Crippen molar-refractivity contribution in [3.05, 3.63) is 81.9 Å². The van der Waals surface area contributed by atoms with Crippen molar-refractivity contribution in [1.29, 1.82) is 0 Å². The Balaban J connectivity index is 1.96. The molecular formula is C28H30BrNO3. The van der Waals surface area contributed by atoms with E-state index in [2.05, 4.69) is 21.2 Å². The molecule has 1 atom stereocenters. The van der Waals surface area contributed by atoms with Crippen LogP contribution in [0.4, 0.5) is 5.69 Å². The van der Waals surface area contributed by atoms with Gasteiger partial charge in [-0.05, 0) is 47.2 Å². The molecule has 2 aromatic rings. The predicted octanol–water partition coefficient (Wildman–Crippen LogP) is 6.77. The van der Waals surface area contributed by atoms with Gasteiger partial charge in [0.2, 0.25) is 5.78 Å². The van der Waals surface area contributed by atoms with Crippen molar-refractivity contribution in [2.45, 2.75) is 53.2 Å². The summed E-state index contributed by atoms with van der Waals surface area (Å²) in [6.07, 6.45) is 2.96. The van der Waals surface area contributed by atoms with E-state index in [1.807, 2.05) is 90.1 Å². The van der Waals surface area contributed by atoms with Gasteiger partial charge in [0, 0.05) is 21.2 Å². The maximum Gasteiger partial charge on any atom is 0.206 e. The zero-order valence-corrected chi connectivity index (χ0v) is 21.5. The lowest BCUT2D eigenvalue weighted by Crippen LogP contribution is -2.58. The van der Waals surface area contributed by atoms with Crippen LogP contribution in [0.15, 0.2) is 76.3 Å². The number of halogens is 1. The molecule has 0 unspecified atom stereocenters. The molecule has 2 aliphatic rings. The fraction of sp³-hybridized carbons (Fsp3) is 0.357. The normalized spacial score (nSPS) is 19.7. The SMILES string of the molecule is CC(C)(C)C1=CC2(C=C(C(C)(C)C)C1=O)Nc1ccccc1O[C@@H]2C(=O)c1ccc(Br)cc1. The van der Waals surface area contributed by atoms with Gasteiger partial charge in [-0.15, -0.1) is 0 Å². The van der Waals surface area contributed by atoms with Crippen molar-refractivity contribution in [1.82, 2.24) is 0 Å². The molecule has 0 amide bonds. The first kappa shape index (κ1) is 23.5. The zero-order valence-electron chi connectivity index (χ0n) is 20.0. The Labute approximate surface area is 204 Å². The van der Waals surface area contributed by atoms with E-state index in [4.69, 9.17) is 4.74 Å². The smallest absolute Gasteiger partial charge is 0.206 e. The summed E-state index contributed by atoms with van der Waals surface area (Å²) in [5.41, 5.74) is 0.894. The molecule has 4 rings (SSSR count). The van der Waals surface area contributed by atoms with Crippen molar-refractivity contribution in [2.24, 2.45) is 10.8 Å². The molecule has 1 spiro atoms. The third-order valence-corrected chi connectivity index (χ3v) is 6.68. The van der Waals surface area contributed by atoms with Crippen LogP contribution in [0.3, 0.4) is 0 Å². The highest BCUT2D eigenvalue weighted by molar-refractivity contribution is 9.10. The van der Waals surface area contributed by atoms with Gasteiger partial charge in [-0.2, -0.15) is 0 Å². The first-order valence-corrected chi connectivity index (χ1v) is 12.0. The highest BCUT2D eigenvalue weighted by Crippen LogP contribution is 2.46. The van der Waals surface area contributed by atoms with E-state index in [9.17, 15) is 9.59 Å². The first-order valence-electron chi connectivity index (χ1n) is 11.2. The molecule has 0 saturated heterocycles. The highest BCUT2D eigenvalue weighted by Gasteiger charge is 2.51. The number of carbonyl (C=O) groups excluding carboxylic acids is 2. The quantitative estimate of drug-likeness (QED) is 0.455. The van der Waals surface area contributed by atoms with Gasteiger partial charge < -0.3 is 10.1 Å². The molecular weight excluding hydrogens is 478 g/mol. The minimum absolute atomic E-state index is 0.0242. The Bertz CT molecular complexity index is 1140. The van der Waals surface area contributed by atoms with Gasteiger partial charge in [0.05, 0.1) is 5.69 Å². The molecule has 1 aliphatic heterocycles. The average molecular weight is 508 g/mol. The summed E-state index contributed by atoms with van der Waals surface area (Å²) in [7, 11) is 0. The van der Waals surface area contributed by atoms with Gasteiger partial charge in [0.1, 0.15) is 11.3 Å². The van der Waals surface area contributed by atoms with Gasteiger partial charge >= 0.3 is 0 Å². The number of ether oxygens (including phenoxy) is 1. The number of para-hydroxylation sites is 2. The average Bonchev–Trinajstić information content (AvgIpc) is 2.73.